The van der Waals surface area contributed by atoms with Crippen molar-refractivity contribution in [3.05, 3.63) is 29.1 Å². The Hall–Kier alpha value is -0.680. The van der Waals surface area contributed by atoms with Crippen LogP contribution >= 0.6 is 19.0 Å². The number of halogens is 5. The van der Waals surface area contributed by atoms with E-state index in [1.165, 1.54) is 0 Å². The van der Waals surface area contributed by atoms with Gasteiger partial charge in [-0.3, -0.25) is 4.57 Å². The summed E-state index contributed by atoms with van der Waals surface area (Å²) < 4.78 is 72.7. The first kappa shape index (κ1) is 11.4. The molecule has 0 aliphatic rings. The number of hydrogen-bond donors (Lipinski definition) is 0. The van der Waals surface area contributed by atoms with Gasteiger partial charge in [0.25, 0.3) is 0 Å². The summed E-state index contributed by atoms with van der Waals surface area (Å²) >= 11 is -0.0144. The Balaban J connectivity index is 3.50. The largest absolute Gasteiger partial charge is 0.262 e. The zero-order valence-corrected chi connectivity index (χ0v) is 7.86. The second-order valence-corrected chi connectivity index (χ2v) is 3.80. The van der Waals surface area contributed by atoms with E-state index in [1.54, 1.807) is 0 Å². The summed E-state index contributed by atoms with van der Waals surface area (Å²) in [5.41, 5.74) is 0. The van der Waals surface area contributed by atoms with Gasteiger partial charge < -0.3 is 0 Å². The summed E-state index contributed by atoms with van der Waals surface area (Å²) in [5.74, 6) is -10.3. The summed E-state index contributed by atoms with van der Waals surface area (Å²) in [6.45, 7) is 0. The van der Waals surface area contributed by atoms with E-state index in [4.69, 9.17) is 0 Å². The summed E-state index contributed by atoms with van der Waals surface area (Å²) in [6, 6.07) is 0. The summed E-state index contributed by atoms with van der Waals surface area (Å²) in [7, 11) is -0.807. The van der Waals surface area contributed by atoms with Crippen LogP contribution in [-0.4, -0.2) is 0 Å². The minimum absolute atomic E-state index is 0.0144. The predicted molar refractivity (Wildman–Crippen MR) is 39.7 cm³/mol. The van der Waals surface area contributed by atoms with Gasteiger partial charge in [0.1, 0.15) is 0 Å². The zero-order valence-electron chi connectivity index (χ0n) is 6.15. The molecule has 1 nitrogen and oxygen atoms in total. The van der Waals surface area contributed by atoms with Crippen LogP contribution in [0.1, 0.15) is 0 Å². The number of rotatable bonds is 2. The maximum absolute atomic E-state index is 12.7. The molecule has 0 N–H and O–H groups in total. The van der Waals surface area contributed by atoms with Crippen molar-refractivity contribution in [2.75, 3.05) is 0 Å². The van der Waals surface area contributed by atoms with Crippen molar-refractivity contribution < 1.29 is 26.5 Å². The molecule has 14 heavy (non-hydrogen) atoms. The standard InChI is InChI=1S/C6F5OPS/c7-1-2(8)4(10)6(14-13-12)5(11)3(1)9. The van der Waals surface area contributed by atoms with Crippen LogP contribution in [-0.2, 0) is 4.57 Å². The average molecular weight is 246 g/mol. The second-order valence-electron chi connectivity index (χ2n) is 2.06. The lowest BCUT2D eigenvalue weighted by Gasteiger charge is -2.03. The molecule has 0 aliphatic carbocycles. The van der Waals surface area contributed by atoms with Crippen molar-refractivity contribution in [3.8, 4) is 0 Å². The third kappa shape index (κ3) is 1.74. The van der Waals surface area contributed by atoms with Gasteiger partial charge in [0.2, 0.25) is 13.5 Å². The molecule has 0 bridgehead atoms. The zero-order chi connectivity index (χ0) is 10.9. The van der Waals surface area contributed by atoms with Gasteiger partial charge in [-0.25, -0.2) is 22.0 Å². The quantitative estimate of drug-likeness (QED) is 0.342. The van der Waals surface area contributed by atoms with Crippen LogP contribution in [0.4, 0.5) is 22.0 Å². The van der Waals surface area contributed by atoms with Crippen LogP contribution < -0.4 is 0 Å². The van der Waals surface area contributed by atoms with Crippen LogP contribution in [0.5, 0.6) is 0 Å². The highest BCUT2D eigenvalue weighted by atomic mass is 32.7. The average Bonchev–Trinajstić information content (AvgIpc) is 2.19. The molecule has 0 spiro atoms. The Morgan fingerprint density at radius 2 is 1.14 bits per heavy atom. The topological polar surface area (TPSA) is 17.1 Å². The third-order valence-electron chi connectivity index (χ3n) is 1.30. The van der Waals surface area contributed by atoms with Crippen molar-refractivity contribution >= 4 is 19.0 Å². The van der Waals surface area contributed by atoms with Gasteiger partial charge in [0.15, 0.2) is 23.3 Å². The van der Waals surface area contributed by atoms with Gasteiger partial charge in [0.05, 0.1) is 4.90 Å². The molecule has 1 aromatic carbocycles. The van der Waals surface area contributed by atoms with E-state index < -0.39 is 41.6 Å². The molecule has 1 rings (SSSR count). The first-order chi connectivity index (χ1) is 6.50. The molecule has 0 fully saturated rings. The smallest absolute Gasteiger partial charge is 0.232 e. The molecule has 0 unspecified atom stereocenters. The van der Waals surface area contributed by atoms with E-state index in [1.807, 2.05) is 0 Å². The van der Waals surface area contributed by atoms with Gasteiger partial charge in [-0.15, -0.1) is 0 Å². The van der Waals surface area contributed by atoms with E-state index in [0.717, 1.165) is 0 Å². The molecule has 0 aromatic heterocycles. The van der Waals surface area contributed by atoms with E-state index in [-0.39, 0.29) is 11.4 Å². The molecule has 0 radical (unpaired) electrons. The molecule has 76 valence electrons. The lowest BCUT2D eigenvalue weighted by atomic mass is 10.3. The van der Waals surface area contributed by atoms with Gasteiger partial charge in [-0.05, 0) is 11.4 Å². The molecule has 0 amide bonds. The Labute approximate surface area is 80.3 Å². The highest BCUT2D eigenvalue weighted by molar-refractivity contribution is 8.45. The SMILES string of the molecule is O=PSc1c(F)c(F)c(F)c(F)c1F. The van der Waals surface area contributed by atoms with E-state index >= 15 is 0 Å². The van der Waals surface area contributed by atoms with Crippen LogP contribution in [0.2, 0.25) is 0 Å². The van der Waals surface area contributed by atoms with Crippen molar-refractivity contribution in [2.45, 2.75) is 4.90 Å². The van der Waals surface area contributed by atoms with Crippen LogP contribution in [0.25, 0.3) is 0 Å². The van der Waals surface area contributed by atoms with E-state index in [0.29, 0.717) is 0 Å². The summed E-state index contributed by atoms with van der Waals surface area (Å²) in [5, 5.41) is 0. The van der Waals surface area contributed by atoms with Crippen molar-refractivity contribution in [2.24, 2.45) is 0 Å². The minimum atomic E-state index is -2.23. The number of hydrogen-bond acceptors (Lipinski definition) is 2. The van der Waals surface area contributed by atoms with E-state index in [9.17, 15) is 26.5 Å². The molecular weight excluding hydrogens is 246 g/mol. The van der Waals surface area contributed by atoms with Gasteiger partial charge in [-0.1, -0.05) is 0 Å². The highest BCUT2D eigenvalue weighted by Crippen LogP contribution is 2.36. The molecule has 0 saturated carbocycles. The maximum Gasteiger partial charge on any atom is 0.232 e. The normalized spacial score (nSPS) is 10.9. The Bertz CT molecular complexity index is 367. The van der Waals surface area contributed by atoms with Crippen LogP contribution in [0.15, 0.2) is 4.90 Å². The molecule has 0 aliphatic heterocycles. The molecule has 1 aromatic rings. The molecule has 0 saturated heterocycles. The summed E-state index contributed by atoms with van der Waals surface area (Å²) in [4.78, 5) is -1.15. The lowest BCUT2D eigenvalue weighted by Crippen LogP contribution is -2.02. The fraction of sp³-hybridized carbons (Fsp3) is 0. The Morgan fingerprint density at radius 3 is 1.50 bits per heavy atom. The highest BCUT2D eigenvalue weighted by Gasteiger charge is 2.25. The summed E-state index contributed by atoms with van der Waals surface area (Å²) in [6.07, 6.45) is 0. The molecule has 8 heteroatoms. The van der Waals surface area contributed by atoms with Gasteiger partial charge >= 0.3 is 0 Å². The maximum atomic E-state index is 12.7. The fourth-order valence-corrected chi connectivity index (χ4v) is 1.82. The Kier molecular flexibility index (Phi) is 3.44. The van der Waals surface area contributed by atoms with Crippen molar-refractivity contribution in [3.63, 3.8) is 0 Å². The molecular formula is C6F5OPS. The molecule has 0 heterocycles. The monoisotopic (exact) mass is 246 g/mol. The van der Waals surface area contributed by atoms with Crippen molar-refractivity contribution in [1.82, 2.24) is 0 Å². The lowest BCUT2D eigenvalue weighted by molar-refractivity contribution is 0.361. The van der Waals surface area contributed by atoms with E-state index in [2.05, 4.69) is 0 Å². The first-order valence-electron chi connectivity index (χ1n) is 3.01. The predicted octanol–water partition coefficient (Wildman–Crippen LogP) is 3.68. The van der Waals surface area contributed by atoms with Crippen LogP contribution in [0.3, 0.4) is 0 Å². The number of benzene rings is 1. The van der Waals surface area contributed by atoms with Crippen molar-refractivity contribution in [1.29, 1.82) is 0 Å². The Morgan fingerprint density at radius 1 is 0.786 bits per heavy atom. The fourth-order valence-electron chi connectivity index (χ4n) is 0.702. The third-order valence-corrected chi connectivity index (χ3v) is 2.68. The molecule has 0 atom stereocenters. The minimum Gasteiger partial charge on any atom is -0.262 e. The first-order valence-corrected chi connectivity index (χ1v) is 5.25. The van der Waals surface area contributed by atoms with Crippen LogP contribution in [0, 0.1) is 29.1 Å². The van der Waals surface area contributed by atoms with Gasteiger partial charge in [0, 0.05) is 0 Å². The van der Waals surface area contributed by atoms with Gasteiger partial charge in [-0.2, -0.15) is 0 Å². The second kappa shape index (κ2) is 4.23.